The zero-order valence-corrected chi connectivity index (χ0v) is 14.7. The van der Waals surface area contributed by atoms with Crippen molar-refractivity contribution in [1.82, 2.24) is 10.3 Å². The Labute approximate surface area is 151 Å². The Balaban J connectivity index is 1.94. The van der Waals surface area contributed by atoms with Gasteiger partial charge >= 0.3 is 0 Å². The summed E-state index contributed by atoms with van der Waals surface area (Å²) in [4.78, 5) is 15.7. The normalized spacial score (nSPS) is 12.2. The number of carbonyl (C=O) groups is 1. The van der Waals surface area contributed by atoms with Crippen molar-refractivity contribution in [3.63, 3.8) is 0 Å². The summed E-state index contributed by atoms with van der Waals surface area (Å²) in [6, 6.07) is 7.47. The zero-order valence-electron chi connectivity index (χ0n) is 13.1. The van der Waals surface area contributed by atoms with E-state index in [1.54, 1.807) is 24.3 Å². The van der Waals surface area contributed by atoms with Crippen LogP contribution in [0.5, 0.6) is 0 Å². The van der Waals surface area contributed by atoms with Gasteiger partial charge in [-0.1, -0.05) is 23.7 Å². The second-order valence-electron chi connectivity index (χ2n) is 4.98. The third kappa shape index (κ3) is 5.63. The van der Waals surface area contributed by atoms with E-state index in [4.69, 9.17) is 16.2 Å². The highest BCUT2D eigenvalue weighted by atomic mass is 35.5. The predicted octanol–water partition coefficient (Wildman–Crippen LogP) is 2.78. The molecular weight excluding hydrogens is 369 g/mol. The van der Waals surface area contributed by atoms with Crippen molar-refractivity contribution < 1.29 is 17.9 Å². The van der Waals surface area contributed by atoms with E-state index in [0.29, 0.717) is 10.7 Å². The van der Waals surface area contributed by atoms with E-state index >= 15 is 0 Å². The first kappa shape index (κ1) is 19.0. The van der Waals surface area contributed by atoms with Crippen molar-refractivity contribution >= 4 is 40.5 Å². The number of benzene rings is 1. The van der Waals surface area contributed by atoms with Crippen LogP contribution in [0.15, 0.2) is 42.6 Å². The van der Waals surface area contributed by atoms with Gasteiger partial charge in [-0.15, -0.1) is 0 Å². The van der Waals surface area contributed by atoms with Crippen LogP contribution < -0.4 is 9.62 Å². The Kier molecular flexibility index (Phi) is 6.63. The monoisotopic (exact) mass is 383 g/mol. The van der Waals surface area contributed by atoms with Gasteiger partial charge in [-0.25, -0.2) is 13.6 Å². The molecule has 0 fully saturated rings. The summed E-state index contributed by atoms with van der Waals surface area (Å²) in [6.07, 6.45) is 4.44. The smallest absolute Gasteiger partial charge is 0.261 e. The number of nitrogens with zero attached hydrogens (tertiary/aromatic N) is 2. The minimum Gasteiger partial charge on any atom is -0.348 e. The minimum absolute atomic E-state index is 0.00829. The Bertz CT molecular complexity index is 815. The number of halogens is 2. The number of rotatable bonds is 6. The maximum atomic E-state index is 14.0. The lowest BCUT2D eigenvalue weighted by Crippen LogP contribution is -2.22. The maximum absolute atomic E-state index is 14.0. The fourth-order valence-electron chi connectivity index (χ4n) is 1.91. The molecule has 1 aromatic heterocycles. The second kappa shape index (κ2) is 8.70. The molecule has 1 atom stereocenters. The zero-order chi connectivity index (χ0) is 18.4. The quantitative estimate of drug-likeness (QED) is 0.456. The molecule has 1 heterocycles. The first-order valence-electron chi connectivity index (χ1n) is 7.07. The molecule has 0 saturated carbocycles. The third-order valence-corrected chi connectivity index (χ3v) is 4.12. The van der Waals surface area contributed by atoms with Gasteiger partial charge in [0, 0.05) is 25.9 Å². The molecule has 9 heteroatoms. The molecule has 1 unspecified atom stereocenters. The van der Waals surface area contributed by atoms with Gasteiger partial charge in [0.1, 0.15) is 11.0 Å². The van der Waals surface area contributed by atoms with Crippen LogP contribution in [0.1, 0.15) is 11.1 Å². The van der Waals surface area contributed by atoms with Crippen LogP contribution in [0.25, 0.3) is 6.08 Å². The van der Waals surface area contributed by atoms with Gasteiger partial charge in [-0.05, 0) is 35.4 Å². The topological polar surface area (TPSA) is 82.5 Å². The van der Waals surface area contributed by atoms with Crippen LogP contribution >= 0.6 is 11.6 Å². The highest BCUT2D eigenvalue weighted by Crippen LogP contribution is 2.20. The van der Waals surface area contributed by atoms with Crippen molar-refractivity contribution in [2.75, 3.05) is 11.4 Å². The largest absolute Gasteiger partial charge is 0.348 e. The molecule has 0 bridgehead atoms. The SMILES string of the molecule is CN(c1ccc(CNC(=O)C=Cc2ccc(Cl)nc2)cc1F)S(=O)O. The first-order chi connectivity index (χ1) is 11.9. The standard InChI is InChI=1S/C16H15ClFN3O3S/c1-21(25(23)24)14-5-2-12(8-13(14)18)10-20-16(22)7-4-11-3-6-15(17)19-9-11/h2-9H,10H2,1H3,(H,20,22)(H,23,24). The summed E-state index contributed by atoms with van der Waals surface area (Å²) < 4.78 is 34.8. The molecule has 0 spiro atoms. The van der Waals surface area contributed by atoms with Crippen LogP contribution in [0.2, 0.25) is 5.15 Å². The molecule has 0 aliphatic carbocycles. The summed E-state index contributed by atoms with van der Waals surface area (Å²) in [6.45, 7) is 0.116. The number of anilines is 1. The number of amides is 1. The molecular formula is C16H15ClFN3O3S. The van der Waals surface area contributed by atoms with Crippen LogP contribution in [0.4, 0.5) is 10.1 Å². The molecule has 6 nitrogen and oxygen atoms in total. The molecule has 0 aliphatic heterocycles. The third-order valence-electron chi connectivity index (χ3n) is 3.23. The Morgan fingerprint density at radius 1 is 1.44 bits per heavy atom. The highest BCUT2D eigenvalue weighted by molar-refractivity contribution is 7.80. The predicted molar refractivity (Wildman–Crippen MR) is 95.7 cm³/mol. The molecule has 25 heavy (non-hydrogen) atoms. The molecule has 1 amide bonds. The number of hydrogen-bond acceptors (Lipinski definition) is 3. The molecule has 2 rings (SSSR count). The molecule has 2 N–H and O–H groups in total. The number of nitrogens with one attached hydrogen (secondary N) is 1. The fraction of sp³-hybridized carbons (Fsp3) is 0.125. The van der Waals surface area contributed by atoms with Crippen LogP contribution in [-0.4, -0.2) is 26.7 Å². The summed E-state index contributed by atoms with van der Waals surface area (Å²) in [5, 5.41) is 2.98. The van der Waals surface area contributed by atoms with E-state index in [-0.39, 0.29) is 18.1 Å². The van der Waals surface area contributed by atoms with Crippen molar-refractivity contribution in [1.29, 1.82) is 0 Å². The van der Waals surface area contributed by atoms with Gasteiger partial charge in [-0.3, -0.25) is 13.7 Å². The second-order valence-corrected chi connectivity index (χ2v) is 6.38. The summed E-state index contributed by atoms with van der Waals surface area (Å²) in [5.41, 5.74) is 1.23. The molecule has 132 valence electrons. The van der Waals surface area contributed by atoms with E-state index in [1.807, 2.05) is 0 Å². The van der Waals surface area contributed by atoms with Crippen LogP contribution in [-0.2, 0) is 22.6 Å². The Morgan fingerprint density at radius 2 is 2.20 bits per heavy atom. The van der Waals surface area contributed by atoms with E-state index in [2.05, 4.69) is 10.3 Å². The summed E-state index contributed by atoms with van der Waals surface area (Å²) >= 11 is 3.36. The highest BCUT2D eigenvalue weighted by Gasteiger charge is 2.12. The molecule has 2 aromatic rings. The number of hydrogen-bond donors (Lipinski definition) is 2. The number of aromatic nitrogens is 1. The van der Waals surface area contributed by atoms with Gasteiger partial charge < -0.3 is 5.32 Å². The van der Waals surface area contributed by atoms with Gasteiger partial charge in [0.05, 0.1) is 5.69 Å². The molecule has 0 radical (unpaired) electrons. The summed E-state index contributed by atoms with van der Waals surface area (Å²) in [5.74, 6) is -1.01. The van der Waals surface area contributed by atoms with Gasteiger partial charge in [0.25, 0.3) is 11.3 Å². The van der Waals surface area contributed by atoms with Crippen molar-refractivity contribution in [2.45, 2.75) is 6.54 Å². The van der Waals surface area contributed by atoms with Crippen LogP contribution in [0, 0.1) is 5.82 Å². The van der Waals surface area contributed by atoms with Gasteiger partial charge in [0.2, 0.25) is 5.91 Å². The lowest BCUT2D eigenvalue weighted by Gasteiger charge is -2.15. The average Bonchev–Trinajstić information content (AvgIpc) is 2.59. The Morgan fingerprint density at radius 3 is 2.80 bits per heavy atom. The summed E-state index contributed by atoms with van der Waals surface area (Å²) in [7, 11) is 1.30. The molecule has 0 aliphatic rings. The lowest BCUT2D eigenvalue weighted by molar-refractivity contribution is -0.116. The van der Waals surface area contributed by atoms with Crippen molar-refractivity contribution in [3.8, 4) is 0 Å². The van der Waals surface area contributed by atoms with Gasteiger partial charge in [0.15, 0.2) is 0 Å². The number of pyridine rings is 1. The average molecular weight is 384 g/mol. The van der Waals surface area contributed by atoms with E-state index < -0.39 is 17.1 Å². The van der Waals surface area contributed by atoms with E-state index in [0.717, 1.165) is 9.87 Å². The molecule has 0 saturated heterocycles. The van der Waals surface area contributed by atoms with E-state index in [9.17, 15) is 13.4 Å². The minimum atomic E-state index is -2.31. The van der Waals surface area contributed by atoms with Gasteiger partial charge in [-0.2, -0.15) is 0 Å². The van der Waals surface area contributed by atoms with Crippen molar-refractivity contribution in [2.24, 2.45) is 0 Å². The first-order valence-corrected chi connectivity index (χ1v) is 8.51. The van der Waals surface area contributed by atoms with Crippen molar-refractivity contribution in [3.05, 3.63) is 64.7 Å². The lowest BCUT2D eigenvalue weighted by atomic mass is 10.2. The Hall–Kier alpha value is -2.29. The fourth-order valence-corrected chi connectivity index (χ4v) is 2.33. The molecule has 1 aromatic carbocycles. The maximum Gasteiger partial charge on any atom is 0.261 e. The van der Waals surface area contributed by atoms with Crippen LogP contribution in [0.3, 0.4) is 0 Å². The van der Waals surface area contributed by atoms with E-state index in [1.165, 1.54) is 31.5 Å². The number of carbonyl (C=O) groups excluding carboxylic acids is 1.